The van der Waals surface area contributed by atoms with Crippen LogP contribution in [0.1, 0.15) is 54.8 Å². The largest absolute Gasteiger partial charge is 0.477 e. The van der Waals surface area contributed by atoms with Crippen LogP contribution in [-0.2, 0) is 10.3 Å². The van der Waals surface area contributed by atoms with Gasteiger partial charge in [-0.1, -0.05) is 0 Å². The minimum absolute atomic E-state index is 0.0793. The topological polar surface area (TPSA) is 117 Å². The van der Waals surface area contributed by atoms with Crippen LogP contribution in [0, 0.1) is 12.3 Å². The van der Waals surface area contributed by atoms with Crippen molar-refractivity contribution in [2.24, 2.45) is 10.2 Å². The molecule has 0 spiro atoms. The van der Waals surface area contributed by atoms with Crippen LogP contribution in [0.25, 0.3) is 0 Å². The molecule has 24 heavy (non-hydrogen) atoms. The molecule has 1 saturated carbocycles. The summed E-state index contributed by atoms with van der Waals surface area (Å²) in [6, 6.07) is 1.33. The summed E-state index contributed by atoms with van der Waals surface area (Å²) in [5.41, 5.74) is -1.21. The number of aromatic nitrogens is 2. The van der Waals surface area contributed by atoms with E-state index in [0.717, 1.165) is 0 Å². The summed E-state index contributed by atoms with van der Waals surface area (Å²) in [5, 5.41) is 20.0. The average Bonchev–Trinajstić information content (AvgIpc) is 3.49. The zero-order chi connectivity index (χ0) is 17.2. The second kappa shape index (κ2) is 6.00. The third kappa shape index (κ3) is 3.40. The Morgan fingerprint density at radius 2 is 2.08 bits per heavy atom. The van der Waals surface area contributed by atoms with E-state index in [-0.39, 0.29) is 18.0 Å². The molecule has 0 atom stereocenters. The van der Waals surface area contributed by atoms with E-state index in [2.05, 4.69) is 31.4 Å². The van der Waals surface area contributed by atoms with E-state index < -0.39 is 17.2 Å². The Bertz CT molecular complexity index is 742. The van der Waals surface area contributed by atoms with Gasteiger partial charge in [0.2, 0.25) is 5.91 Å². The van der Waals surface area contributed by atoms with Gasteiger partial charge in [0.1, 0.15) is 0 Å². The Balaban J connectivity index is 1.57. The predicted octanol–water partition coefficient (Wildman–Crippen LogP) is 1.64. The van der Waals surface area contributed by atoms with E-state index in [1.807, 2.05) is 0 Å². The highest BCUT2D eigenvalue weighted by atomic mass is 16.4. The van der Waals surface area contributed by atoms with Crippen molar-refractivity contribution in [3.05, 3.63) is 23.8 Å². The first-order chi connectivity index (χ1) is 11.5. The monoisotopic (exact) mass is 327 g/mol. The van der Waals surface area contributed by atoms with Crippen LogP contribution >= 0.6 is 0 Å². The van der Waals surface area contributed by atoms with Gasteiger partial charge in [-0.15, -0.1) is 12.3 Å². The molecule has 1 aromatic rings. The SMILES string of the molecule is C#CCCC1(CCC(=O)NC2(c3nccc(C(=O)O)n3)CC2)N=N1. The van der Waals surface area contributed by atoms with Crippen LogP contribution in [0.5, 0.6) is 0 Å². The van der Waals surface area contributed by atoms with Crippen molar-refractivity contribution in [1.29, 1.82) is 0 Å². The Hall–Kier alpha value is -2.82. The number of carbonyl (C=O) groups is 2. The number of carboxylic acid groups (broad SMARTS) is 1. The van der Waals surface area contributed by atoms with Gasteiger partial charge in [-0.05, 0) is 18.9 Å². The summed E-state index contributed by atoms with van der Waals surface area (Å²) in [7, 11) is 0. The van der Waals surface area contributed by atoms with E-state index in [4.69, 9.17) is 11.5 Å². The third-order valence-electron chi connectivity index (χ3n) is 4.24. The number of carbonyl (C=O) groups excluding carboxylic acids is 1. The van der Waals surface area contributed by atoms with E-state index >= 15 is 0 Å². The summed E-state index contributed by atoms with van der Waals surface area (Å²) < 4.78 is 0. The van der Waals surface area contributed by atoms with Crippen LogP contribution in [0.3, 0.4) is 0 Å². The molecule has 1 amide bonds. The molecular weight excluding hydrogens is 310 g/mol. The Kier molecular flexibility index (Phi) is 4.01. The number of aromatic carboxylic acids is 1. The molecule has 2 N–H and O–H groups in total. The quantitative estimate of drug-likeness (QED) is 0.704. The molecule has 3 rings (SSSR count). The fourth-order valence-corrected chi connectivity index (χ4v) is 2.55. The predicted molar refractivity (Wildman–Crippen MR) is 82.9 cm³/mol. The Morgan fingerprint density at radius 3 is 2.67 bits per heavy atom. The van der Waals surface area contributed by atoms with Crippen LogP contribution in [-0.4, -0.2) is 32.6 Å². The van der Waals surface area contributed by atoms with Crippen molar-refractivity contribution in [1.82, 2.24) is 15.3 Å². The van der Waals surface area contributed by atoms with Crippen LogP contribution in [0.15, 0.2) is 22.5 Å². The Morgan fingerprint density at radius 1 is 1.33 bits per heavy atom. The molecule has 2 heterocycles. The Labute approximate surface area is 138 Å². The van der Waals surface area contributed by atoms with Gasteiger partial charge in [-0.3, -0.25) is 4.79 Å². The fourth-order valence-electron chi connectivity index (χ4n) is 2.55. The smallest absolute Gasteiger partial charge is 0.354 e. The van der Waals surface area contributed by atoms with Crippen molar-refractivity contribution in [3.63, 3.8) is 0 Å². The molecule has 0 radical (unpaired) electrons. The molecule has 1 aromatic heterocycles. The molecule has 1 aliphatic carbocycles. The molecule has 8 heteroatoms. The normalized spacial score (nSPS) is 18.5. The van der Waals surface area contributed by atoms with Gasteiger partial charge < -0.3 is 10.4 Å². The fraction of sp³-hybridized carbons (Fsp3) is 0.500. The van der Waals surface area contributed by atoms with Gasteiger partial charge in [-0.2, -0.15) is 10.2 Å². The van der Waals surface area contributed by atoms with Crippen molar-refractivity contribution < 1.29 is 14.7 Å². The molecule has 0 unspecified atom stereocenters. The minimum Gasteiger partial charge on any atom is -0.477 e. The maximum atomic E-state index is 12.2. The number of hydrogen-bond acceptors (Lipinski definition) is 6. The first-order valence-corrected chi connectivity index (χ1v) is 7.74. The summed E-state index contributed by atoms with van der Waals surface area (Å²) in [6.07, 6.45) is 10.1. The third-order valence-corrected chi connectivity index (χ3v) is 4.24. The molecule has 2 aliphatic rings. The molecule has 1 aliphatic heterocycles. The van der Waals surface area contributed by atoms with Gasteiger partial charge in [0.05, 0.1) is 5.54 Å². The molecule has 8 nitrogen and oxygen atoms in total. The molecular formula is C16H17N5O3. The maximum absolute atomic E-state index is 12.2. The minimum atomic E-state index is -1.12. The number of nitrogens with one attached hydrogen (secondary N) is 1. The highest BCUT2D eigenvalue weighted by molar-refractivity contribution is 5.85. The van der Waals surface area contributed by atoms with Crippen LogP contribution in [0.4, 0.5) is 0 Å². The highest BCUT2D eigenvalue weighted by Crippen LogP contribution is 2.44. The average molecular weight is 327 g/mol. The zero-order valence-electron chi connectivity index (χ0n) is 13.0. The van der Waals surface area contributed by atoms with Gasteiger partial charge in [0.15, 0.2) is 17.2 Å². The number of amides is 1. The highest BCUT2D eigenvalue weighted by Gasteiger charge is 2.49. The van der Waals surface area contributed by atoms with E-state index in [9.17, 15) is 9.59 Å². The summed E-state index contributed by atoms with van der Waals surface area (Å²) in [6.45, 7) is 0. The number of terminal acetylenes is 1. The van der Waals surface area contributed by atoms with Gasteiger partial charge >= 0.3 is 5.97 Å². The number of hydrogen-bond donors (Lipinski definition) is 2. The maximum Gasteiger partial charge on any atom is 0.354 e. The first-order valence-electron chi connectivity index (χ1n) is 7.74. The number of carboxylic acids is 1. The standard InChI is InChI=1S/C16H17N5O3/c1-2-3-6-16(20-21-16)7-4-12(22)19-15(8-9-15)14-17-10-5-11(18-14)13(23)24/h1,5,10H,3-4,6-9H2,(H,19,22)(H,23,24). The lowest BCUT2D eigenvalue weighted by atomic mass is 10.0. The summed E-state index contributed by atoms with van der Waals surface area (Å²) >= 11 is 0. The lowest BCUT2D eigenvalue weighted by molar-refractivity contribution is -0.122. The van der Waals surface area contributed by atoms with E-state index in [1.165, 1.54) is 12.3 Å². The van der Waals surface area contributed by atoms with E-state index in [1.54, 1.807) is 0 Å². The van der Waals surface area contributed by atoms with Crippen LogP contribution < -0.4 is 5.32 Å². The summed E-state index contributed by atoms with van der Waals surface area (Å²) in [5.74, 6) is 1.63. The van der Waals surface area contributed by atoms with Gasteiger partial charge in [-0.25, -0.2) is 14.8 Å². The molecule has 0 aromatic carbocycles. The molecule has 0 saturated heterocycles. The lowest BCUT2D eigenvalue weighted by Crippen LogP contribution is -2.37. The summed E-state index contributed by atoms with van der Waals surface area (Å²) in [4.78, 5) is 31.4. The lowest BCUT2D eigenvalue weighted by Gasteiger charge is -2.17. The molecule has 124 valence electrons. The van der Waals surface area contributed by atoms with Crippen molar-refractivity contribution >= 4 is 11.9 Å². The first kappa shape index (κ1) is 16.1. The van der Waals surface area contributed by atoms with Gasteiger partial charge in [0, 0.05) is 31.9 Å². The van der Waals surface area contributed by atoms with Crippen molar-refractivity contribution in [2.75, 3.05) is 0 Å². The molecule has 1 fully saturated rings. The van der Waals surface area contributed by atoms with Crippen molar-refractivity contribution in [3.8, 4) is 12.3 Å². The van der Waals surface area contributed by atoms with Crippen molar-refractivity contribution in [2.45, 2.75) is 49.7 Å². The molecule has 0 bridgehead atoms. The van der Waals surface area contributed by atoms with Crippen LogP contribution in [0.2, 0.25) is 0 Å². The van der Waals surface area contributed by atoms with E-state index in [0.29, 0.717) is 37.9 Å². The second-order valence-corrected chi connectivity index (χ2v) is 6.09. The number of rotatable bonds is 8. The van der Waals surface area contributed by atoms with Gasteiger partial charge in [0.25, 0.3) is 0 Å². The zero-order valence-corrected chi connectivity index (χ0v) is 13.0. The number of nitrogens with zero attached hydrogens (tertiary/aromatic N) is 4. The second-order valence-electron chi connectivity index (χ2n) is 6.09.